The van der Waals surface area contributed by atoms with Gasteiger partial charge in [-0.1, -0.05) is 12.1 Å². The summed E-state index contributed by atoms with van der Waals surface area (Å²) in [6.07, 6.45) is 6.66. The molecule has 154 valence electrons. The highest BCUT2D eigenvalue weighted by atomic mass is 16.5. The van der Waals surface area contributed by atoms with E-state index in [-0.39, 0.29) is 41.8 Å². The van der Waals surface area contributed by atoms with Gasteiger partial charge >= 0.3 is 0 Å². The van der Waals surface area contributed by atoms with Crippen LogP contribution in [0.25, 0.3) is 0 Å². The number of nitrogens with one attached hydrogen (secondary N) is 1. The van der Waals surface area contributed by atoms with Crippen molar-refractivity contribution in [2.75, 3.05) is 6.54 Å². The van der Waals surface area contributed by atoms with Gasteiger partial charge in [-0.3, -0.25) is 9.59 Å². The van der Waals surface area contributed by atoms with Crippen LogP contribution >= 0.6 is 0 Å². The number of piperidine rings is 1. The van der Waals surface area contributed by atoms with Gasteiger partial charge in [-0.2, -0.15) is 0 Å². The van der Waals surface area contributed by atoms with E-state index in [2.05, 4.69) is 24.3 Å². The Kier molecular flexibility index (Phi) is 5.45. The first-order valence-electron chi connectivity index (χ1n) is 10.8. The summed E-state index contributed by atoms with van der Waals surface area (Å²) in [5, 5.41) is 7.05. The van der Waals surface area contributed by atoms with Gasteiger partial charge in [-0.05, 0) is 57.8 Å². The van der Waals surface area contributed by atoms with Crippen LogP contribution in [0.3, 0.4) is 0 Å². The maximum Gasteiger partial charge on any atom is 0.273 e. The maximum absolute atomic E-state index is 13.0. The fraction of sp³-hybridized carbons (Fsp3) is 0.762. The molecule has 2 saturated carbocycles. The molecular formula is C21H32N4O3. The van der Waals surface area contributed by atoms with Crippen LogP contribution in [0.5, 0.6) is 0 Å². The summed E-state index contributed by atoms with van der Waals surface area (Å²) < 4.78 is 5.30. The van der Waals surface area contributed by atoms with Crippen molar-refractivity contribution < 1.29 is 14.1 Å². The van der Waals surface area contributed by atoms with Crippen LogP contribution in [0.2, 0.25) is 0 Å². The largest absolute Gasteiger partial charge is 0.360 e. The second kappa shape index (κ2) is 7.85. The Bertz CT molecular complexity index is 721. The zero-order valence-electron chi connectivity index (χ0n) is 16.9. The summed E-state index contributed by atoms with van der Waals surface area (Å²) >= 11 is 0. The van der Waals surface area contributed by atoms with E-state index < -0.39 is 0 Å². The van der Waals surface area contributed by atoms with Crippen molar-refractivity contribution in [2.24, 2.45) is 17.6 Å². The van der Waals surface area contributed by atoms with Crippen LogP contribution in [0.1, 0.15) is 81.0 Å². The molecule has 3 N–H and O–H groups in total. The van der Waals surface area contributed by atoms with Crippen LogP contribution in [-0.4, -0.2) is 46.5 Å². The van der Waals surface area contributed by atoms with Crippen molar-refractivity contribution >= 4 is 11.8 Å². The lowest BCUT2D eigenvalue weighted by Gasteiger charge is -2.43. The van der Waals surface area contributed by atoms with Crippen molar-refractivity contribution in [3.05, 3.63) is 17.5 Å². The topological polar surface area (TPSA) is 101 Å². The highest BCUT2D eigenvalue weighted by molar-refractivity contribution is 5.92. The van der Waals surface area contributed by atoms with Gasteiger partial charge in [-0.15, -0.1) is 0 Å². The van der Waals surface area contributed by atoms with Crippen LogP contribution < -0.4 is 11.1 Å². The fourth-order valence-electron chi connectivity index (χ4n) is 4.65. The smallest absolute Gasteiger partial charge is 0.273 e. The number of nitrogens with two attached hydrogens (primary N) is 1. The molecule has 1 aliphatic heterocycles. The number of carbonyl (C=O) groups is 2. The lowest BCUT2D eigenvalue weighted by atomic mass is 9.83. The Morgan fingerprint density at radius 2 is 1.89 bits per heavy atom. The summed E-state index contributed by atoms with van der Waals surface area (Å²) in [6.45, 7) is 4.87. The van der Waals surface area contributed by atoms with E-state index in [0.29, 0.717) is 18.2 Å². The van der Waals surface area contributed by atoms with Crippen molar-refractivity contribution in [3.8, 4) is 0 Å². The zero-order chi connectivity index (χ0) is 19.8. The maximum atomic E-state index is 13.0. The van der Waals surface area contributed by atoms with Crippen LogP contribution in [0.4, 0.5) is 0 Å². The van der Waals surface area contributed by atoms with E-state index in [1.54, 1.807) is 6.07 Å². The number of rotatable bonds is 4. The minimum atomic E-state index is -0.180. The van der Waals surface area contributed by atoms with E-state index in [1.165, 1.54) is 0 Å². The molecule has 3 aliphatic rings. The van der Waals surface area contributed by atoms with Crippen molar-refractivity contribution in [2.45, 2.75) is 82.8 Å². The number of hydrogen-bond acceptors (Lipinski definition) is 5. The Labute approximate surface area is 166 Å². The van der Waals surface area contributed by atoms with Crippen molar-refractivity contribution in [3.63, 3.8) is 0 Å². The van der Waals surface area contributed by atoms with Gasteiger partial charge in [0.1, 0.15) is 5.76 Å². The molecule has 2 heterocycles. The number of amides is 2. The summed E-state index contributed by atoms with van der Waals surface area (Å²) in [4.78, 5) is 27.6. The minimum Gasteiger partial charge on any atom is -0.360 e. The third-order valence-electron chi connectivity index (χ3n) is 6.76. The Balaban J connectivity index is 1.33. The molecule has 1 aromatic rings. The summed E-state index contributed by atoms with van der Waals surface area (Å²) in [7, 11) is 0. The quantitative estimate of drug-likeness (QED) is 0.825. The highest BCUT2D eigenvalue weighted by Gasteiger charge is 2.38. The average Bonchev–Trinajstić information content (AvgIpc) is 3.41. The second-order valence-electron chi connectivity index (χ2n) is 9.13. The van der Waals surface area contributed by atoms with Gasteiger partial charge in [0.05, 0.1) is 0 Å². The van der Waals surface area contributed by atoms with Gasteiger partial charge in [0.2, 0.25) is 5.91 Å². The number of carbonyl (C=O) groups excluding carboxylic acids is 2. The molecule has 3 atom stereocenters. The van der Waals surface area contributed by atoms with E-state index in [4.69, 9.17) is 10.3 Å². The van der Waals surface area contributed by atoms with E-state index in [0.717, 1.165) is 50.7 Å². The molecule has 2 aliphatic carbocycles. The van der Waals surface area contributed by atoms with Gasteiger partial charge in [0.15, 0.2) is 5.69 Å². The minimum absolute atomic E-state index is 0.0346. The Morgan fingerprint density at radius 1 is 1.18 bits per heavy atom. The average molecular weight is 389 g/mol. The molecule has 1 saturated heterocycles. The number of hydrogen-bond donors (Lipinski definition) is 2. The van der Waals surface area contributed by atoms with E-state index in [1.807, 2.05) is 4.90 Å². The summed E-state index contributed by atoms with van der Waals surface area (Å²) in [5.74, 6) is 1.65. The number of nitrogens with zero attached hydrogens (tertiary/aromatic N) is 2. The third kappa shape index (κ3) is 4.09. The van der Waals surface area contributed by atoms with Crippen LogP contribution in [0.15, 0.2) is 10.6 Å². The molecule has 4 rings (SSSR count). The molecule has 0 spiro atoms. The molecule has 0 unspecified atom stereocenters. The molecule has 1 aromatic heterocycles. The SMILES string of the molecule is C[C@H]1CN(C(=O)[C@H]2CC[C@H](N)CC2)[C@@H](C)C[C@H]1NC(=O)c1cc(C2CC2)on1. The standard InChI is InChI=1S/C21H32N4O3/c1-12-11-25(21(27)15-5-7-16(22)8-6-15)13(2)9-17(12)23-20(26)18-10-19(28-24-18)14-3-4-14/h10,12-17H,3-9,11,22H2,1-2H3,(H,23,26)/t12-,13-,15-,16-,17+/m0/s1. The predicted molar refractivity (Wildman–Crippen MR) is 105 cm³/mol. The molecule has 7 nitrogen and oxygen atoms in total. The van der Waals surface area contributed by atoms with E-state index in [9.17, 15) is 9.59 Å². The summed E-state index contributed by atoms with van der Waals surface area (Å²) in [5.41, 5.74) is 6.34. The molecule has 2 amide bonds. The monoisotopic (exact) mass is 388 g/mol. The first kappa shape index (κ1) is 19.4. The number of aromatic nitrogens is 1. The Hall–Kier alpha value is -1.89. The van der Waals surface area contributed by atoms with Gasteiger partial charge in [-0.25, -0.2) is 0 Å². The molecule has 0 aromatic carbocycles. The Morgan fingerprint density at radius 3 is 2.57 bits per heavy atom. The normalized spacial score (nSPS) is 33.5. The molecular weight excluding hydrogens is 356 g/mol. The lowest BCUT2D eigenvalue weighted by molar-refractivity contribution is -0.141. The van der Waals surface area contributed by atoms with Crippen LogP contribution in [0, 0.1) is 11.8 Å². The van der Waals surface area contributed by atoms with Gasteiger partial charge in [0.25, 0.3) is 5.91 Å². The van der Waals surface area contributed by atoms with Crippen molar-refractivity contribution in [1.82, 2.24) is 15.4 Å². The second-order valence-corrected chi connectivity index (χ2v) is 9.13. The first-order valence-corrected chi connectivity index (χ1v) is 10.8. The lowest BCUT2D eigenvalue weighted by Crippen LogP contribution is -2.56. The fourth-order valence-corrected chi connectivity index (χ4v) is 4.65. The number of likely N-dealkylation sites (tertiary alicyclic amines) is 1. The zero-order valence-corrected chi connectivity index (χ0v) is 16.9. The molecule has 3 fully saturated rings. The molecule has 0 bridgehead atoms. The van der Waals surface area contributed by atoms with Gasteiger partial charge < -0.3 is 20.5 Å². The predicted octanol–water partition coefficient (Wildman–Crippen LogP) is 2.42. The van der Waals surface area contributed by atoms with E-state index >= 15 is 0 Å². The first-order chi connectivity index (χ1) is 13.4. The van der Waals surface area contributed by atoms with Crippen molar-refractivity contribution in [1.29, 1.82) is 0 Å². The van der Waals surface area contributed by atoms with Gasteiger partial charge in [0, 0.05) is 42.6 Å². The molecule has 28 heavy (non-hydrogen) atoms. The van der Waals surface area contributed by atoms with Crippen LogP contribution in [-0.2, 0) is 4.79 Å². The summed E-state index contributed by atoms with van der Waals surface area (Å²) in [6, 6.07) is 2.17. The molecule has 7 heteroatoms. The molecule has 0 radical (unpaired) electrons. The third-order valence-corrected chi connectivity index (χ3v) is 6.76. The highest BCUT2D eigenvalue weighted by Crippen LogP contribution is 2.40.